The minimum atomic E-state index is 0.194. The maximum absolute atomic E-state index is 11.3. The molecule has 1 aliphatic heterocycles. The van der Waals surface area contributed by atoms with E-state index >= 15 is 0 Å². The summed E-state index contributed by atoms with van der Waals surface area (Å²) < 4.78 is 5.19. The molecule has 94 valence electrons. The molecule has 0 bridgehead atoms. The van der Waals surface area contributed by atoms with Gasteiger partial charge in [0, 0.05) is 39.3 Å². The van der Waals surface area contributed by atoms with Crippen LogP contribution in [0.1, 0.15) is 26.2 Å². The van der Waals surface area contributed by atoms with Gasteiger partial charge in [0.05, 0.1) is 0 Å². The average Bonchev–Trinajstić information content (AvgIpc) is 2.26. The SMILES string of the molecule is COCCC1(N(C)C)CCN(C(C)=O)CC1. The van der Waals surface area contributed by atoms with Crippen molar-refractivity contribution >= 4 is 5.91 Å². The van der Waals surface area contributed by atoms with Crippen LogP contribution >= 0.6 is 0 Å². The number of piperidine rings is 1. The lowest BCUT2D eigenvalue weighted by Crippen LogP contribution is -2.54. The van der Waals surface area contributed by atoms with Crippen LogP contribution in [0.15, 0.2) is 0 Å². The highest BCUT2D eigenvalue weighted by molar-refractivity contribution is 5.73. The molecule has 0 radical (unpaired) electrons. The van der Waals surface area contributed by atoms with Crippen LogP contribution in [0.2, 0.25) is 0 Å². The molecular weight excluding hydrogens is 204 g/mol. The number of methoxy groups -OCH3 is 1. The Morgan fingerprint density at radius 1 is 1.38 bits per heavy atom. The molecule has 0 atom stereocenters. The van der Waals surface area contributed by atoms with Crippen LogP contribution in [-0.2, 0) is 9.53 Å². The first-order valence-corrected chi connectivity index (χ1v) is 5.94. The molecule has 1 aliphatic rings. The Labute approximate surface area is 98.5 Å². The fourth-order valence-electron chi connectivity index (χ4n) is 2.45. The number of hydrogen-bond acceptors (Lipinski definition) is 3. The van der Waals surface area contributed by atoms with E-state index in [4.69, 9.17) is 4.74 Å². The van der Waals surface area contributed by atoms with Crippen LogP contribution in [0.5, 0.6) is 0 Å². The molecule has 4 heteroatoms. The normalized spacial score (nSPS) is 20.2. The van der Waals surface area contributed by atoms with Crippen molar-refractivity contribution in [2.45, 2.75) is 31.7 Å². The van der Waals surface area contributed by atoms with E-state index in [1.807, 2.05) is 4.90 Å². The molecule has 1 rings (SSSR count). The van der Waals surface area contributed by atoms with Crippen molar-refractivity contribution in [1.29, 1.82) is 0 Å². The minimum Gasteiger partial charge on any atom is -0.385 e. The Kier molecular flexibility index (Phi) is 4.74. The van der Waals surface area contributed by atoms with Crippen LogP contribution in [0.3, 0.4) is 0 Å². The molecular formula is C12H24N2O2. The van der Waals surface area contributed by atoms with Crippen LogP contribution in [-0.4, -0.2) is 62.1 Å². The number of amides is 1. The summed E-state index contributed by atoms with van der Waals surface area (Å²) in [4.78, 5) is 15.5. The molecule has 16 heavy (non-hydrogen) atoms. The highest BCUT2D eigenvalue weighted by Gasteiger charge is 2.36. The van der Waals surface area contributed by atoms with E-state index in [9.17, 15) is 4.79 Å². The predicted molar refractivity (Wildman–Crippen MR) is 64.4 cm³/mol. The van der Waals surface area contributed by atoms with E-state index in [1.165, 1.54) is 0 Å². The molecule has 1 saturated heterocycles. The molecule has 0 aromatic carbocycles. The summed E-state index contributed by atoms with van der Waals surface area (Å²) in [5.41, 5.74) is 0.210. The fourth-order valence-corrected chi connectivity index (χ4v) is 2.45. The van der Waals surface area contributed by atoms with E-state index in [0.29, 0.717) is 0 Å². The van der Waals surface area contributed by atoms with Gasteiger partial charge >= 0.3 is 0 Å². The molecule has 0 aromatic heterocycles. The van der Waals surface area contributed by atoms with Crippen molar-refractivity contribution in [2.75, 3.05) is 40.9 Å². The lowest BCUT2D eigenvalue weighted by molar-refractivity contribution is -0.131. The van der Waals surface area contributed by atoms with Crippen molar-refractivity contribution in [1.82, 2.24) is 9.80 Å². The van der Waals surface area contributed by atoms with E-state index in [-0.39, 0.29) is 11.4 Å². The van der Waals surface area contributed by atoms with Gasteiger partial charge in [0.15, 0.2) is 0 Å². The van der Waals surface area contributed by atoms with Gasteiger partial charge in [-0.25, -0.2) is 0 Å². The lowest BCUT2D eigenvalue weighted by atomic mass is 9.83. The zero-order valence-electron chi connectivity index (χ0n) is 11.0. The number of ether oxygens (including phenoxy) is 1. The van der Waals surface area contributed by atoms with Gasteiger partial charge in [-0.2, -0.15) is 0 Å². The summed E-state index contributed by atoms with van der Waals surface area (Å²) in [6, 6.07) is 0. The summed E-state index contributed by atoms with van der Waals surface area (Å²) in [5, 5.41) is 0. The third-order valence-corrected chi connectivity index (χ3v) is 3.86. The predicted octanol–water partition coefficient (Wildman–Crippen LogP) is 0.966. The van der Waals surface area contributed by atoms with Crippen molar-refractivity contribution in [2.24, 2.45) is 0 Å². The van der Waals surface area contributed by atoms with Gasteiger partial charge in [0.2, 0.25) is 5.91 Å². The molecule has 1 heterocycles. The van der Waals surface area contributed by atoms with E-state index in [1.54, 1.807) is 14.0 Å². The molecule has 0 N–H and O–H groups in total. The van der Waals surface area contributed by atoms with Crippen LogP contribution in [0.25, 0.3) is 0 Å². The van der Waals surface area contributed by atoms with Gasteiger partial charge in [-0.05, 0) is 33.4 Å². The molecule has 0 unspecified atom stereocenters. The Bertz CT molecular complexity index is 233. The first-order valence-electron chi connectivity index (χ1n) is 5.94. The summed E-state index contributed by atoms with van der Waals surface area (Å²) in [7, 11) is 5.99. The van der Waals surface area contributed by atoms with Crippen LogP contribution in [0, 0.1) is 0 Å². The highest BCUT2D eigenvalue weighted by atomic mass is 16.5. The number of carbonyl (C=O) groups excluding carboxylic acids is 1. The van der Waals surface area contributed by atoms with Gasteiger partial charge in [-0.3, -0.25) is 4.79 Å². The summed E-state index contributed by atoms with van der Waals surface area (Å²) in [6.07, 6.45) is 3.13. The maximum atomic E-state index is 11.3. The van der Waals surface area contributed by atoms with E-state index < -0.39 is 0 Å². The van der Waals surface area contributed by atoms with Crippen LogP contribution < -0.4 is 0 Å². The average molecular weight is 228 g/mol. The third kappa shape index (κ3) is 2.95. The molecule has 4 nitrogen and oxygen atoms in total. The zero-order valence-corrected chi connectivity index (χ0v) is 11.0. The molecule has 0 aromatic rings. The fraction of sp³-hybridized carbons (Fsp3) is 0.917. The molecule has 1 amide bonds. The number of hydrogen-bond donors (Lipinski definition) is 0. The molecule has 0 spiro atoms. The largest absolute Gasteiger partial charge is 0.385 e. The van der Waals surface area contributed by atoms with Gasteiger partial charge in [0.1, 0.15) is 0 Å². The van der Waals surface area contributed by atoms with Gasteiger partial charge in [0.25, 0.3) is 0 Å². The third-order valence-electron chi connectivity index (χ3n) is 3.86. The monoisotopic (exact) mass is 228 g/mol. The number of nitrogens with zero attached hydrogens (tertiary/aromatic N) is 2. The topological polar surface area (TPSA) is 32.8 Å². The number of rotatable bonds is 4. The van der Waals surface area contributed by atoms with Crippen molar-refractivity contribution in [3.63, 3.8) is 0 Å². The van der Waals surface area contributed by atoms with E-state index in [2.05, 4.69) is 19.0 Å². The Morgan fingerprint density at radius 2 is 1.94 bits per heavy atom. The first-order chi connectivity index (χ1) is 7.52. The summed E-state index contributed by atoms with van der Waals surface area (Å²) in [5.74, 6) is 0.194. The molecule has 0 aliphatic carbocycles. The molecule has 1 fully saturated rings. The van der Waals surface area contributed by atoms with Gasteiger partial charge < -0.3 is 14.5 Å². The Hall–Kier alpha value is -0.610. The smallest absolute Gasteiger partial charge is 0.219 e. The summed E-state index contributed by atoms with van der Waals surface area (Å²) in [6.45, 7) is 4.19. The quantitative estimate of drug-likeness (QED) is 0.718. The number of likely N-dealkylation sites (tertiary alicyclic amines) is 1. The number of carbonyl (C=O) groups is 1. The van der Waals surface area contributed by atoms with Crippen molar-refractivity contribution in [3.05, 3.63) is 0 Å². The van der Waals surface area contributed by atoms with E-state index in [0.717, 1.165) is 39.0 Å². The van der Waals surface area contributed by atoms with Gasteiger partial charge in [-0.15, -0.1) is 0 Å². The second-order valence-electron chi connectivity index (χ2n) is 4.87. The molecule has 0 saturated carbocycles. The minimum absolute atomic E-state index is 0.194. The lowest BCUT2D eigenvalue weighted by Gasteiger charge is -2.46. The van der Waals surface area contributed by atoms with Crippen LogP contribution in [0.4, 0.5) is 0 Å². The first kappa shape index (κ1) is 13.5. The van der Waals surface area contributed by atoms with Gasteiger partial charge in [-0.1, -0.05) is 0 Å². The Morgan fingerprint density at radius 3 is 2.31 bits per heavy atom. The highest BCUT2D eigenvalue weighted by Crippen LogP contribution is 2.30. The summed E-state index contributed by atoms with van der Waals surface area (Å²) >= 11 is 0. The zero-order chi connectivity index (χ0) is 12.2. The van der Waals surface area contributed by atoms with Crippen molar-refractivity contribution in [3.8, 4) is 0 Å². The standard InChI is InChI=1S/C12H24N2O2/c1-11(15)14-8-5-12(6-9-14,13(2)3)7-10-16-4/h5-10H2,1-4H3. The maximum Gasteiger partial charge on any atom is 0.219 e. The van der Waals surface area contributed by atoms with Crippen molar-refractivity contribution < 1.29 is 9.53 Å². The second kappa shape index (κ2) is 5.64. The second-order valence-corrected chi connectivity index (χ2v) is 4.87. The Balaban J connectivity index is 2.58.